The first-order valence-corrected chi connectivity index (χ1v) is 5.46. The van der Waals surface area contributed by atoms with Crippen molar-refractivity contribution in [2.24, 2.45) is 5.73 Å². The summed E-state index contributed by atoms with van der Waals surface area (Å²) in [5, 5.41) is 11.1. The topological polar surface area (TPSA) is 113 Å². The Morgan fingerprint density at radius 1 is 1.47 bits per heavy atom. The van der Waals surface area contributed by atoms with Crippen LogP contribution in [0.4, 0.5) is 4.79 Å². The van der Waals surface area contributed by atoms with Crippen molar-refractivity contribution < 1.29 is 19.5 Å². The number of carboxylic acids is 1. The molecule has 0 aromatic rings. The van der Waals surface area contributed by atoms with E-state index in [2.05, 4.69) is 5.32 Å². The monoisotopic (exact) mass is 243 g/mol. The number of carbonyl (C=O) groups is 3. The predicted octanol–water partition coefficient (Wildman–Crippen LogP) is -0.491. The van der Waals surface area contributed by atoms with Gasteiger partial charge in [0, 0.05) is 13.1 Å². The molecule has 0 aliphatic heterocycles. The zero-order chi connectivity index (χ0) is 13.0. The van der Waals surface area contributed by atoms with Crippen LogP contribution in [0.2, 0.25) is 0 Å². The lowest BCUT2D eigenvalue weighted by atomic mass is 9.92. The van der Waals surface area contributed by atoms with Crippen molar-refractivity contribution in [1.82, 2.24) is 10.2 Å². The van der Waals surface area contributed by atoms with Crippen molar-refractivity contribution >= 4 is 17.9 Å². The zero-order valence-electron chi connectivity index (χ0n) is 9.68. The fraction of sp³-hybridized carbons (Fsp3) is 0.700. The molecule has 0 unspecified atom stereocenters. The minimum Gasteiger partial charge on any atom is -0.480 e. The van der Waals surface area contributed by atoms with Gasteiger partial charge in [0.15, 0.2) is 0 Å². The molecule has 1 aliphatic carbocycles. The van der Waals surface area contributed by atoms with Crippen LogP contribution in [-0.2, 0) is 9.59 Å². The molecule has 1 aliphatic rings. The molecule has 1 rings (SSSR count). The van der Waals surface area contributed by atoms with Crippen molar-refractivity contribution in [2.45, 2.75) is 37.8 Å². The normalized spacial score (nSPS) is 16.8. The third-order valence-corrected chi connectivity index (χ3v) is 2.94. The number of carboxylic acid groups (broad SMARTS) is 1. The molecule has 1 saturated carbocycles. The lowest BCUT2D eigenvalue weighted by Crippen LogP contribution is -2.52. The van der Waals surface area contributed by atoms with Crippen LogP contribution in [0.3, 0.4) is 0 Å². The standard InChI is InChI=1S/C10H17N3O4/c1-13(6-3-2-4-6)10(17)12-7(9(15)16)5-8(11)14/h6-7H,2-5H2,1H3,(H2,11,14)(H,12,17)(H,15,16)/t7-/m0/s1. The van der Waals surface area contributed by atoms with E-state index < -0.39 is 30.4 Å². The summed E-state index contributed by atoms with van der Waals surface area (Å²) >= 11 is 0. The molecule has 0 radical (unpaired) electrons. The Morgan fingerprint density at radius 2 is 2.06 bits per heavy atom. The summed E-state index contributed by atoms with van der Waals surface area (Å²) in [6.07, 6.45) is 2.53. The van der Waals surface area contributed by atoms with E-state index in [1.165, 1.54) is 4.90 Å². The second-order valence-electron chi connectivity index (χ2n) is 4.21. The second kappa shape index (κ2) is 5.51. The molecule has 17 heavy (non-hydrogen) atoms. The quantitative estimate of drug-likeness (QED) is 0.604. The summed E-state index contributed by atoms with van der Waals surface area (Å²) < 4.78 is 0. The van der Waals surface area contributed by atoms with Crippen LogP contribution in [-0.4, -0.2) is 47.0 Å². The average Bonchev–Trinajstić information content (AvgIpc) is 2.12. The fourth-order valence-corrected chi connectivity index (χ4v) is 1.59. The number of hydrogen-bond donors (Lipinski definition) is 3. The Morgan fingerprint density at radius 3 is 2.41 bits per heavy atom. The number of aliphatic carboxylic acids is 1. The number of hydrogen-bond acceptors (Lipinski definition) is 3. The highest BCUT2D eigenvalue weighted by atomic mass is 16.4. The van der Waals surface area contributed by atoms with Gasteiger partial charge in [-0.2, -0.15) is 0 Å². The number of carbonyl (C=O) groups excluding carboxylic acids is 2. The molecule has 7 heteroatoms. The van der Waals surface area contributed by atoms with Crippen LogP contribution in [0.5, 0.6) is 0 Å². The van der Waals surface area contributed by atoms with E-state index >= 15 is 0 Å². The molecule has 4 N–H and O–H groups in total. The molecule has 7 nitrogen and oxygen atoms in total. The van der Waals surface area contributed by atoms with E-state index in [0.29, 0.717) is 0 Å². The maximum Gasteiger partial charge on any atom is 0.326 e. The van der Waals surface area contributed by atoms with Crippen LogP contribution < -0.4 is 11.1 Å². The maximum absolute atomic E-state index is 11.7. The van der Waals surface area contributed by atoms with E-state index in [9.17, 15) is 14.4 Å². The third kappa shape index (κ3) is 3.61. The molecule has 0 saturated heterocycles. The SMILES string of the molecule is CN(C(=O)N[C@@H](CC(N)=O)C(=O)O)C1CCC1. The minimum atomic E-state index is -1.26. The number of amides is 3. The third-order valence-electron chi connectivity index (χ3n) is 2.94. The van der Waals surface area contributed by atoms with E-state index in [1.807, 2.05) is 0 Å². The Bertz CT molecular complexity index is 328. The summed E-state index contributed by atoms with van der Waals surface area (Å²) in [6.45, 7) is 0. The highest BCUT2D eigenvalue weighted by Crippen LogP contribution is 2.23. The molecule has 1 fully saturated rings. The summed E-state index contributed by atoms with van der Waals surface area (Å²) in [4.78, 5) is 34.6. The Kier molecular flexibility index (Phi) is 4.30. The number of rotatable bonds is 5. The average molecular weight is 243 g/mol. The van der Waals surface area contributed by atoms with E-state index in [-0.39, 0.29) is 6.04 Å². The lowest BCUT2D eigenvalue weighted by Gasteiger charge is -2.35. The largest absolute Gasteiger partial charge is 0.480 e. The van der Waals surface area contributed by atoms with Crippen molar-refractivity contribution in [3.05, 3.63) is 0 Å². The van der Waals surface area contributed by atoms with Crippen LogP contribution in [0.25, 0.3) is 0 Å². The van der Waals surface area contributed by atoms with Crippen molar-refractivity contribution in [1.29, 1.82) is 0 Å². The smallest absolute Gasteiger partial charge is 0.326 e. The molecule has 1 atom stereocenters. The number of primary amides is 1. The van der Waals surface area contributed by atoms with Gasteiger partial charge >= 0.3 is 12.0 Å². The summed E-state index contributed by atoms with van der Waals surface area (Å²) in [6, 6.07) is -1.58. The highest BCUT2D eigenvalue weighted by Gasteiger charge is 2.29. The van der Waals surface area contributed by atoms with Crippen LogP contribution in [0.15, 0.2) is 0 Å². The first-order valence-electron chi connectivity index (χ1n) is 5.46. The van der Waals surface area contributed by atoms with Gasteiger partial charge in [0.1, 0.15) is 6.04 Å². The highest BCUT2D eigenvalue weighted by molar-refractivity contribution is 5.87. The van der Waals surface area contributed by atoms with Gasteiger partial charge in [0.2, 0.25) is 5.91 Å². The predicted molar refractivity (Wildman–Crippen MR) is 59.2 cm³/mol. The van der Waals surface area contributed by atoms with Crippen LogP contribution in [0, 0.1) is 0 Å². The Balaban J connectivity index is 2.50. The van der Waals surface area contributed by atoms with Gasteiger partial charge < -0.3 is 21.1 Å². The molecule has 96 valence electrons. The van der Waals surface area contributed by atoms with E-state index in [4.69, 9.17) is 10.8 Å². The van der Waals surface area contributed by atoms with Crippen LogP contribution >= 0.6 is 0 Å². The van der Waals surface area contributed by atoms with E-state index in [0.717, 1.165) is 19.3 Å². The number of nitrogens with zero attached hydrogens (tertiary/aromatic N) is 1. The van der Waals surface area contributed by atoms with E-state index in [1.54, 1.807) is 7.05 Å². The van der Waals surface area contributed by atoms with Gasteiger partial charge in [-0.25, -0.2) is 9.59 Å². The van der Waals surface area contributed by atoms with Crippen molar-refractivity contribution in [2.75, 3.05) is 7.05 Å². The van der Waals surface area contributed by atoms with Gasteiger partial charge in [0.05, 0.1) is 6.42 Å². The minimum absolute atomic E-state index is 0.165. The molecular formula is C10H17N3O4. The van der Waals surface area contributed by atoms with Gasteiger partial charge in [-0.3, -0.25) is 4.79 Å². The molecule has 0 spiro atoms. The van der Waals surface area contributed by atoms with Gasteiger partial charge in [-0.05, 0) is 19.3 Å². The van der Waals surface area contributed by atoms with Crippen molar-refractivity contribution in [3.8, 4) is 0 Å². The molecule has 3 amide bonds. The van der Waals surface area contributed by atoms with Gasteiger partial charge in [0.25, 0.3) is 0 Å². The molecule has 0 aromatic carbocycles. The summed E-state index contributed by atoms with van der Waals surface area (Å²) in [5.74, 6) is -2.02. The molecule has 0 aromatic heterocycles. The second-order valence-corrected chi connectivity index (χ2v) is 4.21. The number of urea groups is 1. The first kappa shape index (κ1) is 13.3. The zero-order valence-corrected chi connectivity index (χ0v) is 9.68. The molecule has 0 bridgehead atoms. The maximum atomic E-state index is 11.7. The van der Waals surface area contributed by atoms with Gasteiger partial charge in [-0.1, -0.05) is 0 Å². The van der Waals surface area contributed by atoms with Gasteiger partial charge in [-0.15, -0.1) is 0 Å². The number of nitrogens with one attached hydrogen (secondary N) is 1. The fourth-order valence-electron chi connectivity index (χ4n) is 1.59. The summed E-state index contributed by atoms with van der Waals surface area (Å²) in [7, 11) is 1.61. The first-order chi connectivity index (χ1) is 7.91. The lowest BCUT2D eigenvalue weighted by molar-refractivity contribution is -0.141. The Labute approximate surface area is 98.9 Å². The molecule has 0 heterocycles. The summed E-state index contributed by atoms with van der Waals surface area (Å²) in [5.41, 5.74) is 4.91. The molecular weight excluding hydrogens is 226 g/mol. The Hall–Kier alpha value is -1.79. The number of nitrogens with two attached hydrogens (primary N) is 1. The van der Waals surface area contributed by atoms with Crippen molar-refractivity contribution in [3.63, 3.8) is 0 Å². The van der Waals surface area contributed by atoms with Crippen LogP contribution in [0.1, 0.15) is 25.7 Å².